The summed E-state index contributed by atoms with van der Waals surface area (Å²) in [6.45, 7) is 3.61. The van der Waals surface area contributed by atoms with E-state index in [2.05, 4.69) is 34.6 Å². The number of hydrazine groups is 1. The van der Waals surface area contributed by atoms with Gasteiger partial charge in [0.2, 0.25) is 5.91 Å². The lowest BCUT2D eigenvalue weighted by Gasteiger charge is -2.27. The Morgan fingerprint density at radius 1 is 1.04 bits per heavy atom. The Labute approximate surface area is 170 Å². The Morgan fingerprint density at radius 2 is 1.69 bits per heavy atom. The van der Waals surface area contributed by atoms with Gasteiger partial charge in [-0.25, -0.2) is 5.84 Å². The van der Waals surface area contributed by atoms with Crippen LogP contribution < -0.4 is 16.2 Å². The molecular formula is C18H25Cl2N3O2S. The van der Waals surface area contributed by atoms with Crippen molar-refractivity contribution in [1.29, 1.82) is 0 Å². The van der Waals surface area contributed by atoms with Crippen molar-refractivity contribution < 1.29 is 9.53 Å². The van der Waals surface area contributed by atoms with Crippen LogP contribution in [-0.2, 0) is 28.8 Å². The third-order valence-corrected chi connectivity index (χ3v) is 5.38. The number of benzene rings is 1. The van der Waals surface area contributed by atoms with Crippen molar-refractivity contribution in [1.82, 2.24) is 5.43 Å². The summed E-state index contributed by atoms with van der Waals surface area (Å²) in [5.74, 6) is 4.94. The zero-order valence-electron chi connectivity index (χ0n) is 14.5. The number of anilines is 1. The molecule has 0 spiro atoms. The number of nitrogens with zero attached hydrogens (tertiary/aromatic N) is 1. The molecule has 3 N–H and O–H groups in total. The van der Waals surface area contributed by atoms with Crippen LogP contribution in [0.4, 0.5) is 5.00 Å². The first-order chi connectivity index (χ1) is 11.7. The van der Waals surface area contributed by atoms with Crippen LogP contribution >= 0.6 is 36.2 Å². The number of carbonyl (C=O) groups is 1. The summed E-state index contributed by atoms with van der Waals surface area (Å²) in [6.07, 6.45) is 2.37. The molecular weight excluding hydrogens is 393 g/mol. The molecule has 26 heavy (non-hydrogen) atoms. The van der Waals surface area contributed by atoms with E-state index in [0.717, 1.165) is 44.7 Å². The van der Waals surface area contributed by atoms with E-state index in [-0.39, 0.29) is 30.7 Å². The SMILES string of the molecule is Cl.Cl.NNC(=O)Cc1ccc(CCc2ccc(N3CCOCC3)s2)cc1. The van der Waals surface area contributed by atoms with Crippen molar-refractivity contribution in [3.8, 4) is 0 Å². The standard InChI is InChI=1S/C18H23N3O2S.2ClH/c19-20-17(22)13-15-3-1-14(2-4-15)5-6-16-7-8-18(24-16)21-9-11-23-12-10-21;;/h1-4,7-8H,5-6,9-13,19H2,(H,20,22);2*1H. The van der Waals surface area contributed by atoms with Crippen molar-refractivity contribution in [2.45, 2.75) is 19.3 Å². The Bertz CT molecular complexity index is 673. The van der Waals surface area contributed by atoms with Gasteiger partial charge in [-0.15, -0.1) is 36.2 Å². The smallest absolute Gasteiger partial charge is 0.238 e. The highest BCUT2D eigenvalue weighted by molar-refractivity contribution is 7.16. The van der Waals surface area contributed by atoms with Gasteiger partial charge < -0.3 is 9.64 Å². The van der Waals surface area contributed by atoms with Gasteiger partial charge in [0.15, 0.2) is 0 Å². The second-order valence-electron chi connectivity index (χ2n) is 5.90. The van der Waals surface area contributed by atoms with Crippen LogP contribution in [0.2, 0.25) is 0 Å². The molecule has 144 valence electrons. The Hall–Kier alpha value is -1.31. The summed E-state index contributed by atoms with van der Waals surface area (Å²) in [5.41, 5.74) is 4.42. The number of morpholine rings is 1. The molecule has 2 aromatic rings. The predicted molar refractivity (Wildman–Crippen MR) is 112 cm³/mol. The quantitative estimate of drug-likeness (QED) is 0.430. The van der Waals surface area contributed by atoms with Gasteiger partial charge in [0, 0.05) is 18.0 Å². The highest BCUT2D eigenvalue weighted by Gasteiger charge is 2.13. The zero-order valence-corrected chi connectivity index (χ0v) is 16.9. The van der Waals surface area contributed by atoms with E-state index in [1.807, 2.05) is 23.5 Å². The molecule has 0 atom stereocenters. The average Bonchev–Trinajstić information content (AvgIpc) is 3.11. The Balaban J connectivity index is 0.00000169. The minimum absolute atomic E-state index is 0. The molecule has 1 amide bonds. The highest BCUT2D eigenvalue weighted by Crippen LogP contribution is 2.27. The second-order valence-corrected chi connectivity index (χ2v) is 7.05. The molecule has 0 unspecified atom stereocenters. The van der Waals surface area contributed by atoms with E-state index < -0.39 is 0 Å². The van der Waals surface area contributed by atoms with Gasteiger partial charge in [0.1, 0.15) is 0 Å². The minimum Gasteiger partial charge on any atom is -0.378 e. The molecule has 0 saturated carbocycles. The molecule has 1 aliphatic heterocycles. The number of nitrogens with two attached hydrogens (primary N) is 1. The number of halogens is 2. The highest BCUT2D eigenvalue weighted by atomic mass is 35.5. The molecule has 0 radical (unpaired) electrons. The number of thiophene rings is 1. The molecule has 1 aliphatic rings. The van der Waals surface area contributed by atoms with Gasteiger partial charge in [-0.05, 0) is 36.1 Å². The first kappa shape index (κ1) is 22.7. The molecule has 0 bridgehead atoms. The van der Waals surface area contributed by atoms with Crippen LogP contribution in [0.1, 0.15) is 16.0 Å². The number of rotatable bonds is 6. The predicted octanol–water partition coefficient (Wildman–Crippen LogP) is 2.75. The maximum Gasteiger partial charge on any atom is 0.238 e. The number of aryl methyl sites for hydroxylation is 2. The largest absolute Gasteiger partial charge is 0.378 e. The van der Waals surface area contributed by atoms with Crippen LogP contribution in [0.3, 0.4) is 0 Å². The molecule has 5 nitrogen and oxygen atoms in total. The van der Waals surface area contributed by atoms with E-state index in [1.165, 1.54) is 15.4 Å². The molecule has 1 aromatic carbocycles. The number of hydrogen-bond acceptors (Lipinski definition) is 5. The number of nitrogens with one attached hydrogen (secondary N) is 1. The molecule has 2 heterocycles. The van der Waals surface area contributed by atoms with Crippen LogP contribution in [-0.4, -0.2) is 32.2 Å². The number of ether oxygens (including phenoxy) is 1. The Kier molecular flexibility index (Phi) is 9.98. The van der Waals surface area contributed by atoms with Crippen molar-refractivity contribution in [2.24, 2.45) is 5.84 Å². The van der Waals surface area contributed by atoms with E-state index >= 15 is 0 Å². The van der Waals surface area contributed by atoms with Crippen LogP contribution in [0.25, 0.3) is 0 Å². The number of amides is 1. The molecule has 1 saturated heterocycles. The van der Waals surface area contributed by atoms with Crippen molar-refractivity contribution in [2.75, 3.05) is 31.2 Å². The molecule has 0 aliphatic carbocycles. The van der Waals surface area contributed by atoms with Crippen molar-refractivity contribution >= 4 is 47.1 Å². The minimum atomic E-state index is -0.169. The van der Waals surface area contributed by atoms with Gasteiger partial charge in [0.05, 0.1) is 24.6 Å². The average molecular weight is 418 g/mol. The van der Waals surface area contributed by atoms with Gasteiger partial charge in [-0.3, -0.25) is 10.2 Å². The van der Waals surface area contributed by atoms with Gasteiger partial charge in [-0.2, -0.15) is 0 Å². The fraction of sp³-hybridized carbons (Fsp3) is 0.389. The van der Waals surface area contributed by atoms with Gasteiger partial charge in [-0.1, -0.05) is 24.3 Å². The van der Waals surface area contributed by atoms with E-state index in [0.29, 0.717) is 6.42 Å². The van der Waals surface area contributed by atoms with Gasteiger partial charge >= 0.3 is 0 Å². The summed E-state index contributed by atoms with van der Waals surface area (Å²) in [4.78, 5) is 15.1. The van der Waals surface area contributed by atoms with Gasteiger partial charge in [0.25, 0.3) is 0 Å². The third-order valence-electron chi connectivity index (χ3n) is 4.18. The monoisotopic (exact) mass is 417 g/mol. The summed E-state index contributed by atoms with van der Waals surface area (Å²) >= 11 is 1.88. The maximum absolute atomic E-state index is 11.3. The first-order valence-corrected chi connectivity index (χ1v) is 9.05. The van der Waals surface area contributed by atoms with Crippen molar-refractivity contribution in [3.05, 3.63) is 52.4 Å². The molecule has 1 aromatic heterocycles. The van der Waals surface area contributed by atoms with E-state index in [4.69, 9.17) is 10.6 Å². The third kappa shape index (κ3) is 6.45. The van der Waals surface area contributed by atoms with Crippen LogP contribution in [0, 0.1) is 0 Å². The normalized spacial score (nSPS) is 13.5. The topological polar surface area (TPSA) is 67.6 Å². The van der Waals surface area contributed by atoms with E-state index in [1.54, 1.807) is 0 Å². The number of hydrogen-bond donors (Lipinski definition) is 2. The maximum atomic E-state index is 11.3. The van der Waals surface area contributed by atoms with Crippen LogP contribution in [0.5, 0.6) is 0 Å². The molecule has 8 heteroatoms. The Morgan fingerprint density at radius 3 is 2.35 bits per heavy atom. The fourth-order valence-corrected chi connectivity index (χ4v) is 3.84. The summed E-state index contributed by atoms with van der Waals surface area (Å²) in [5, 5.41) is 1.34. The second kappa shape index (κ2) is 11.4. The lowest BCUT2D eigenvalue weighted by atomic mass is 10.1. The summed E-state index contributed by atoms with van der Waals surface area (Å²) in [6, 6.07) is 12.6. The molecule has 3 rings (SSSR count). The lowest BCUT2D eigenvalue weighted by molar-refractivity contribution is -0.120. The van der Waals surface area contributed by atoms with E-state index in [9.17, 15) is 4.79 Å². The molecule has 1 fully saturated rings. The zero-order chi connectivity index (χ0) is 16.8. The lowest BCUT2D eigenvalue weighted by Crippen LogP contribution is -2.35. The first-order valence-electron chi connectivity index (χ1n) is 8.23. The summed E-state index contributed by atoms with van der Waals surface area (Å²) < 4.78 is 5.41. The fourth-order valence-electron chi connectivity index (χ4n) is 2.78. The summed E-state index contributed by atoms with van der Waals surface area (Å²) in [7, 11) is 0. The van der Waals surface area contributed by atoms with Crippen LogP contribution in [0.15, 0.2) is 36.4 Å². The number of carbonyl (C=O) groups excluding carboxylic acids is 1. The van der Waals surface area contributed by atoms with Crippen molar-refractivity contribution in [3.63, 3.8) is 0 Å².